The first kappa shape index (κ1) is 15.0. The van der Waals surface area contributed by atoms with Crippen molar-refractivity contribution in [3.05, 3.63) is 46.5 Å². The van der Waals surface area contributed by atoms with Gasteiger partial charge in [0.05, 0.1) is 12.4 Å². The van der Waals surface area contributed by atoms with Crippen LogP contribution in [0.3, 0.4) is 0 Å². The molecule has 3 rings (SSSR count). The van der Waals surface area contributed by atoms with Crippen molar-refractivity contribution in [2.75, 3.05) is 0 Å². The average molecular weight is 326 g/mol. The number of aryl methyl sites for hydroxylation is 2. The van der Waals surface area contributed by atoms with Crippen LogP contribution in [-0.4, -0.2) is 19.9 Å². The first-order chi connectivity index (χ1) is 11.1. The summed E-state index contributed by atoms with van der Waals surface area (Å²) in [4.78, 5) is 15.2. The molecule has 114 valence electrons. The highest BCUT2D eigenvalue weighted by atomic mass is 35.5. The Morgan fingerprint density at radius 1 is 1.26 bits per heavy atom. The molecule has 2 aromatic heterocycles. The van der Waals surface area contributed by atoms with Crippen molar-refractivity contribution in [1.29, 1.82) is 5.26 Å². The number of rotatable bonds is 3. The number of nitrogens with one attached hydrogen (secondary N) is 1. The van der Waals surface area contributed by atoms with Gasteiger partial charge in [-0.15, -0.1) is 0 Å². The Morgan fingerprint density at radius 3 is 2.70 bits per heavy atom. The van der Waals surface area contributed by atoms with E-state index in [1.54, 1.807) is 6.08 Å². The summed E-state index contributed by atoms with van der Waals surface area (Å²) in [7, 11) is 0. The van der Waals surface area contributed by atoms with Crippen LogP contribution < -0.4 is 4.74 Å². The number of aromatic amines is 1. The van der Waals surface area contributed by atoms with E-state index in [0.717, 1.165) is 16.7 Å². The molecule has 3 aromatic rings. The zero-order chi connectivity index (χ0) is 16.4. The number of allylic oxidation sites excluding steroid dienone is 1. The van der Waals surface area contributed by atoms with Crippen molar-refractivity contribution in [3.63, 3.8) is 0 Å². The van der Waals surface area contributed by atoms with Crippen molar-refractivity contribution in [2.45, 2.75) is 13.8 Å². The van der Waals surface area contributed by atoms with Gasteiger partial charge < -0.3 is 9.72 Å². The van der Waals surface area contributed by atoms with Gasteiger partial charge in [0.25, 0.3) is 0 Å². The highest BCUT2D eigenvalue weighted by Crippen LogP contribution is 2.32. The Balaban J connectivity index is 2.04. The minimum absolute atomic E-state index is 0.0727. The Labute approximate surface area is 137 Å². The van der Waals surface area contributed by atoms with Crippen molar-refractivity contribution in [1.82, 2.24) is 19.9 Å². The van der Waals surface area contributed by atoms with Crippen LogP contribution in [0.25, 0.3) is 17.2 Å². The van der Waals surface area contributed by atoms with Crippen LogP contribution in [0.4, 0.5) is 0 Å². The molecule has 0 radical (unpaired) electrons. The highest BCUT2D eigenvalue weighted by Gasteiger charge is 2.14. The maximum absolute atomic E-state index is 8.62. The fourth-order valence-electron chi connectivity index (χ4n) is 2.33. The molecule has 0 fully saturated rings. The summed E-state index contributed by atoms with van der Waals surface area (Å²) >= 11 is 5.91. The second-order valence-electron chi connectivity index (χ2n) is 4.95. The average Bonchev–Trinajstić information content (AvgIpc) is 2.96. The fraction of sp³-hybridized carbons (Fsp3) is 0.125. The predicted octanol–water partition coefficient (Wildman–Crippen LogP) is 3.95. The molecule has 2 heterocycles. The Hall–Kier alpha value is -2.91. The molecule has 0 unspecified atom stereocenters. The first-order valence-corrected chi connectivity index (χ1v) is 7.18. The van der Waals surface area contributed by atoms with E-state index >= 15 is 0 Å². The number of hydrogen-bond acceptors (Lipinski definition) is 5. The van der Waals surface area contributed by atoms with E-state index in [0.29, 0.717) is 22.8 Å². The van der Waals surface area contributed by atoms with Gasteiger partial charge in [-0.05, 0) is 60.3 Å². The van der Waals surface area contributed by atoms with Crippen LogP contribution in [0.15, 0.2) is 24.5 Å². The summed E-state index contributed by atoms with van der Waals surface area (Å²) in [5, 5.41) is 8.70. The summed E-state index contributed by atoms with van der Waals surface area (Å²) in [6, 6.07) is 5.85. The maximum atomic E-state index is 8.62. The lowest BCUT2D eigenvalue weighted by Crippen LogP contribution is -1.97. The van der Waals surface area contributed by atoms with Gasteiger partial charge in [-0.1, -0.05) is 0 Å². The van der Waals surface area contributed by atoms with E-state index in [1.165, 1.54) is 12.4 Å². The molecule has 0 saturated heterocycles. The van der Waals surface area contributed by atoms with Gasteiger partial charge in [0.15, 0.2) is 5.65 Å². The Kier molecular flexibility index (Phi) is 3.96. The van der Waals surface area contributed by atoms with Crippen molar-refractivity contribution >= 4 is 28.8 Å². The molecule has 6 nitrogen and oxygen atoms in total. The molecule has 0 spiro atoms. The molecule has 1 N–H and O–H groups in total. The van der Waals surface area contributed by atoms with Crippen LogP contribution in [0, 0.1) is 25.2 Å². The van der Waals surface area contributed by atoms with Gasteiger partial charge >= 0.3 is 0 Å². The minimum Gasteiger partial charge on any atom is -0.436 e. The molecule has 0 atom stereocenters. The van der Waals surface area contributed by atoms with E-state index in [1.807, 2.05) is 32.0 Å². The van der Waals surface area contributed by atoms with Crippen LogP contribution in [0.2, 0.25) is 5.28 Å². The number of aromatic nitrogens is 4. The molecule has 0 aliphatic heterocycles. The maximum Gasteiger partial charge on any atom is 0.250 e. The van der Waals surface area contributed by atoms with Gasteiger partial charge in [0.2, 0.25) is 11.2 Å². The number of hydrogen-bond donors (Lipinski definition) is 1. The second-order valence-corrected chi connectivity index (χ2v) is 5.29. The third kappa shape index (κ3) is 3.00. The smallest absolute Gasteiger partial charge is 0.250 e. The predicted molar refractivity (Wildman–Crippen MR) is 87.3 cm³/mol. The van der Waals surface area contributed by atoms with E-state index in [-0.39, 0.29) is 5.28 Å². The molecular weight excluding hydrogens is 314 g/mol. The number of nitriles is 1. The van der Waals surface area contributed by atoms with Crippen molar-refractivity contribution < 1.29 is 4.74 Å². The number of fused-ring (bicyclic) bond motifs is 1. The highest BCUT2D eigenvalue weighted by molar-refractivity contribution is 6.28. The molecule has 0 saturated carbocycles. The molecule has 1 aromatic carbocycles. The quantitative estimate of drug-likeness (QED) is 0.582. The van der Waals surface area contributed by atoms with Gasteiger partial charge in [0, 0.05) is 6.08 Å². The number of nitrogens with zero attached hydrogens (tertiary/aromatic N) is 4. The third-order valence-corrected chi connectivity index (χ3v) is 3.43. The topological polar surface area (TPSA) is 87.5 Å². The minimum atomic E-state index is 0.0727. The Morgan fingerprint density at radius 2 is 2.00 bits per heavy atom. The summed E-state index contributed by atoms with van der Waals surface area (Å²) in [5.41, 5.74) is 3.81. The van der Waals surface area contributed by atoms with E-state index in [4.69, 9.17) is 21.6 Å². The third-order valence-electron chi connectivity index (χ3n) is 3.26. The first-order valence-electron chi connectivity index (χ1n) is 6.80. The number of imidazole rings is 1. The molecular formula is C16H12ClN5O. The van der Waals surface area contributed by atoms with E-state index in [2.05, 4.69) is 19.9 Å². The molecule has 0 amide bonds. The lowest BCUT2D eigenvalue weighted by molar-refractivity contribution is 0.460. The largest absolute Gasteiger partial charge is 0.436 e. The fourth-order valence-corrected chi connectivity index (χ4v) is 2.48. The SMILES string of the molecule is Cc1cc(/C=C/C#N)cc(C)c1Oc1nc(Cl)nc2nc[nH]c12. The van der Waals surface area contributed by atoms with Gasteiger partial charge in [-0.2, -0.15) is 15.2 Å². The number of benzene rings is 1. The number of H-pyrrole nitrogens is 1. The molecule has 23 heavy (non-hydrogen) atoms. The van der Waals surface area contributed by atoms with Crippen molar-refractivity contribution in [3.8, 4) is 17.7 Å². The van der Waals surface area contributed by atoms with Gasteiger partial charge in [-0.3, -0.25) is 0 Å². The monoisotopic (exact) mass is 325 g/mol. The summed E-state index contributed by atoms with van der Waals surface area (Å²) in [6.07, 6.45) is 4.70. The molecule has 0 aliphatic carbocycles. The number of ether oxygens (including phenoxy) is 1. The molecule has 0 bridgehead atoms. The van der Waals surface area contributed by atoms with Crippen molar-refractivity contribution in [2.24, 2.45) is 0 Å². The molecule has 7 heteroatoms. The van der Waals surface area contributed by atoms with E-state index < -0.39 is 0 Å². The van der Waals surface area contributed by atoms with Crippen LogP contribution >= 0.6 is 11.6 Å². The van der Waals surface area contributed by atoms with Crippen LogP contribution in [-0.2, 0) is 0 Å². The zero-order valence-corrected chi connectivity index (χ0v) is 13.2. The van der Waals surface area contributed by atoms with Crippen LogP contribution in [0.1, 0.15) is 16.7 Å². The zero-order valence-electron chi connectivity index (χ0n) is 12.5. The van der Waals surface area contributed by atoms with Gasteiger partial charge in [-0.25, -0.2) is 4.98 Å². The second kappa shape index (κ2) is 6.07. The summed E-state index contributed by atoms with van der Waals surface area (Å²) in [6.45, 7) is 3.86. The van der Waals surface area contributed by atoms with E-state index in [9.17, 15) is 0 Å². The van der Waals surface area contributed by atoms with Gasteiger partial charge in [0.1, 0.15) is 11.3 Å². The summed E-state index contributed by atoms with van der Waals surface area (Å²) < 4.78 is 5.96. The Bertz CT molecular complexity index is 932. The standard InChI is InChI=1S/C16H12ClN5O/c1-9-6-11(4-3-5-18)7-10(2)13(9)23-15-12-14(20-8-19-12)21-16(17)22-15/h3-4,6-8H,1-2H3,(H,19,20,21,22)/b4-3+. The lowest BCUT2D eigenvalue weighted by Gasteiger charge is -2.12. The molecule has 0 aliphatic rings. The number of halogens is 1. The summed E-state index contributed by atoms with van der Waals surface area (Å²) in [5.74, 6) is 1.01. The lowest BCUT2D eigenvalue weighted by atomic mass is 10.1. The normalized spacial score (nSPS) is 11.0. The van der Waals surface area contributed by atoms with Crippen LogP contribution in [0.5, 0.6) is 11.6 Å².